The van der Waals surface area contributed by atoms with Crippen molar-refractivity contribution in [2.75, 3.05) is 20.6 Å². The molecule has 0 aliphatic heterocycles. The van der Waals surface area contributed by atoms with E-state index in [1.807, 2.05) is 38.0 Å². The van der Waals surface area contributed by atoms with Crippen LogP contribution >= 0.6 is 11.6 Å². The number of rotatable bonds is 5. The van der Waals surface area contributed by atoms with Crippen LogP contribution in [0, 0.1) is 6.92 Å². The summed E-state index contributed by atoms with van der Waals surface area (Å²) < 4.78 is 2.04. The Morgan fingerprint density at radius 2 is 2.19 bits per heavy atom. The number of fused-ring (bicyclic) bond motifs is 1. The van der Waals surface area contributed by atoms with Gasteiger partial charge in [0.25, 0.3) is 0 Å². The molecule has 26 heavy (non-hydrogen) atoms. The highest BCUT2D eigenvalue weighted by Crippen LogP contribution is 2.21. The van der Waals surface area contributed by atoms with E-state index < -0.39 is 0 Å². The molecule has 2 aromatic heterocycles. The van der Waals surface area contributed by atoms with Crippen molar-refractivity contribution in [2.24, 2.45) is 12.0 Å². The van der Waals surface area contributed by atoms with Gasteiger partial charge in [0.2, 0.25) is 0 Å². The lowest BCUT2D eigenvalue weighted by molar-refractivity contribution is 0.462. The molecule has 0 spiro atoms. The summed E-state index contributed by atoms with van der Waals surface area (Å²) in [5.41, 5.74) is 4.97. The van der Waals surface area contributed by atoms with Crippen molar-refractivity contribution < 1.29 is 0 Å². The van der Waals surface area contributed by atoms with E-state index in [-0.39, 0.29) is 0 Å². The number of aromatic amines is 1. The number of nitrogens with one attached hydrogen (secondary N) is 2. The number of hydrogen-bond donors (Lipinski definition) is 2. The number of halogens is 1. The van der Waals surface area contributed by atoms with Crippen LogP contribution in [-0.2, 0) is 20.0 Å². The van der Waals surface area contributed by atoms with Crippen molar-refractivity contribution in [1.82, 2.24) is 19.8 Å². The number of H-pyrrole nitrogens is 1. The van der Waals surface area contributed by atoms with Gasteiger partial charge in [0.15, 0.2) is 5.96 Å². The summed E-state index contributed by atoms with van der Waals surface area (Å²) in [5, 5.41) is 5.51. The van der Waals surface area contributed by atoms with Gasteiger partial charge in [-0.2, -0.15) is 0 Å². The van der Waals surface area contributed by atoms with E-state index >= 15 is 0 Å². The zero-order chi connectivity index (χ0) is 18.7. The standard InChI is InChI=1S/C20H26ClN5/c1-14-6-5-7-18-15(11-24-19(14)18)8-9-23-20(22-2)26(4)13-17-10-16(21)12-25(17)3/h5-7,10-12,24H,8-9,13H2,1-4H3,(H,22,23). The lowest BCUT2D eigenvalue weighted by Gasteiger charge is -2.22. The summed E-state index contributed by atoms with van der Waals surface area (Å²) in [6, 6.07) is 8.40. The molecule has 3 rings (SSSR count). The molecule has 0 saturated heterocycles. The Morgan fingerprint density at radius 3 is 2.88 bits per heavy atom. The average molecular weight is 372 g/mol. The van der Waals surface area contributed by atoms with Gasteiger partial charge in [0, 0.05) is 56.7 Å². The molecule has 2 heterocycles. The Morgan fingerprint density at radius 1 is 1.38 bits per heavy atom. The number of hydrogen-bond acceptors (Lipinski definition) is 1. The molecule has 6 heteroatoms. The number of nitrogens with zero attached hydrogens (tertiary/aromatic N) is 3. The molecule has 0 saturated carbocycles. The zero-order valence-electron chi connectivity index (χ0n) is 15.8. The van der Waals surface area contributed by atoms with Crippen molar-refractivity contribution in [2.45, 2.75) is 19.9 Å². The predicted octanol–water partition coefficient (Wildman–Crippen LogP) is 3.72. The minimum absolute atomic E-state index is 0.745. The lowest BCUT2D eigenvalue weighted by Crippen LogP contribution is -2.39. The van der Waals surface area contributed by atoms with E-state index in [1.54, 1.807) is 0 Å². The maximum Gasteiger partial charge on any atom is 0.193 e. The maximum absolute atomic E-state index is 6.07. The van der Waals surface area contributed by atoms with Gasteiger partial charge >= 0.3 is 0 Å². The quantitative estimate of drug-likeness (QED) is 0.530. The topological polar surface area (TPSA) is 48.4 Å². The Hall–Kier alpha value is -2.40. The van der Waals surface area contributed by atoms with Gasteiger partial charge in [-0.3, -0.25) is 4.99 Å². The molecular weight excluding hydrogens is 346 g/mol. The second-order valence-electron chi connectivity index (χ2n) is 6.65. The maximum atomic E-state index is 6.07. The molecule has 0 aliphatic rings. The number of aromatic nitrogens is 2. The molecule has 3 aromatic rings. The molecule has 0 fully saturated rings. The van der Waals surface area contributed by atoms with E-state index in [4.69, 9.17) is 11.6 Å². The smallest absolute Gasteiger partial charge is 0.193 e. The van der Waals surface area contributed by atoms with Gasteiger partial charge in [0.1, 0.15) is 0 Å². The van der Waals surface area contributed by atoms with Crippen LogP contribution in [0.25, 0.3) is 10.9 Å². The van der Waals surface area contributed by atoms with Crippen molar-refractivity contribution >= 4 is 28.5 Å². The summed E-state index contributed by atoms with van der Waals surface area (Å²) in [6.45, 7) is 3.70. The highest BCUT2D eigenvalue weighted by atomic mass is 35.5. The fourth-order valence-electron chi connectivity index (χ4n) is 3.31. The van der Waals surface area contributed by atoms with Gasteiger partial charge in [-0.05, 0) is 30.5 Å². The first-order valence-electron chi connectivity index (χ1n) is 8.77. The Kier molecular flexibility index (Phi) is 5.57. The number of para-hydroxylation sites is 1. The van der Waals surface area contributed by atoms with Crippen LogP contribution in [0.1, 0.15) is 16.8 Å². The summed E-state index contributed by atoms with van der Waals surface area (Å²) in [6.07, 6.45) is 4.96. The molecule has 0 atom stereocenters. The van der Waals surface area contributed by atoms with E-state index in [1.165, 1.54) is 22.0 Å². The number of guanidine groups is 1. The van der Waals surface area contributed by atoms with Crippen LogP contribution < -0.4 is 5.32 Å². The predicted molar refractivity (Wildman–Crippen MR) is 110 cm³/mol. The molecule has 5 nitrogen and oxygen atoms in total. The van der Waals surface area contributed by atoms with E-state index in [0.717, 1.165) is 36.2 Å². The SMILES string of the molecule is CN=C(NCCc1c[nH]c2c(C)cccc12)N(C)Cc1cc(Cl)cn1C. The van der Waals surface area contributed by atoms with Crippen LogP contribution in [0.15, 0.2) is 41.7 Å². The first kappa shape index (κ1) is 18.4. The van der Waals surface area contributed by atoms with Crippen LogP contribution in [-0.4, -0.2) is 41.1 Å². The van der Waals surface area contributed by atoms with E-state index in [0.29, 0.717) is 0 Å². The van der Waals surface area contributed by atoms with Gasteiger partial charge < -0.3 is 19.8 Å². The highest BCUT2D eigenvalue weighted by Gasteiger charge is 2.10. The summed E-state index contributed by atoms with van der Waals surface area (Å²) in [5.74, 6) is 0.873. The minimum Gasteiger partial charge on any atom is -0.361 e. The second kappa shape index (κ2) is 7.87. The highest BCUT2D eigenvalue weighted by molar-refractivity contribution is 6.30. The molecule has 0 amide bonds. The van der Waals surface area contributed by atoms with Crippen molar-refractivity contribution in [3.63, 3.8) is 0 Å². The summed E-state index contributed by atoms with van der Waals surface area (Å²) in [7, 11) is 5.85. The minimum atomic E-state index is 0.745. The Labute approximate surface area is 159 Å². The Bertz CT molecular complexity index is 922. The van der Waals surface area contributed by atoms with Gasteiger partial charge in [-0.1, -0.05) is 29.8 Å². The number of aliphatic imine (C=N–C) groups is 1. The number of aryl methyl sites for hydroxylation is 2. The molecule has 0 unspecified atom stereocenters. The first-order valence-corrected chi connectivity index (χ1v) is 9.15. The molecular formula is C20H26ClN5. The monoisotopic (exact) mass is 371 g/mol. The van der Waals surface area contributed by atoms with Gasteiger partial charge in [-0.25, -0.2) is 0 Å². The molecule has 0 radical (unpaired) electrons. The van der Waals surface area contributed by atoms with E-state index in [2.05, 4.69) is 51.5 Å². The van der Waals surface area contributed by atoms with Crippen LogP contribution in [0.4, 0.5) is 0 Å². The molecule has 138 valence electrons. The third-order valence-corrected chi connectivity index (χ3v) is 4.94. The lowest BCUT2D eigenvalue weighted by atomic mass is 10.1. The summed E-state index contributed by atoms with van der Waals surface area (Å²) >= 11 is 6.07. The van der Waals surface area contributed by atoms with E-state index in [9.17, 15) is 0 Å². The van der Waals surface area contributed by atoms with Crippen LogP contribution in [0.3, 0.4) is 0 Å². The summed E-state index contributed by atoms with van der Waals surface area (Å²) in [4.78, 5) is 9.89. The van der Waals surface area contributed by atoms with Crippen LogP contribution in [0.5, 0.6) is 0 Å². The number of benzene rings is 1. The molecule has 2 N–H and O–H groups in total. The van der Waals surface area contributed by atoms with Crippen molar-refractivity contribution in [3.05, 3.63) is 58.5 Å². The largest absolute Gasteiger partial charge is 0.361 e. The molecule has 0 bridgehead atoms. The average Bonchev–Trinajstić information content (AvgIpc) is 3.15. The normalized spacial score (nSPS) is 12.0. The van der Waals surface area contributed by atoms with Gasteiger partial charge in [0.05, 0.1) is 11.6 Å². The second-order valence-corrected chi connectivity index (χ2v) is 7.09. The third kappa shape index (κ3) is 3.88. The molecule has 0 aliphatic carbocycles. The van der Waals surface area contributed by atoms with Crippen molar-refractivity contribution in [1.29, 1.82) is 0 Å². The Balaban J connectivity index is 1.60. The first-order chi connectivity index (χ1) is 12.5. The fourth-order valence-corrected chi connectivity index (χ4v) is 3.58. The molecule has 1 aromatic carbocycles. The van der Waals surface area contributed by atoms with Gasteiger partial charge in [-0.15, -0.1) is 0 Å². The fraction of sp³-hybridized carbons (Fsp3) is 0.350. The third-order valence-electron chi connectivity index (χ3n) is 4.73. The zero-order valence-corrected chi connectivity index (χ0v) is 16.6. The van der Waals surface area contributed by atoms with Crippen LogP contribution in [0.2, 0.25) is 5.02 Å². The van der Waals surface area contributed by atoms with Crippen molar-refractivity contribution in [3.8, 4) is 0 Å².